The van der Waals surface area contributed by atoms with Crippen molar-refractivity contribution in [3.8, 4) is 0 Å². The van der Waals surface area contributed by atoms with Gasteiger partial charge in [-0.25, -0.2) is 0 Å². The lowest BCUT2D eigenvalue weighted by Crippen LogP contribution is -2.14. The summed E-state index contributed by atoms with van der Waals surface area (Å²) in [5.74, 6) is 0. The molecule has 0 aliphatic heterocycles. The molecule has 13 heteroatoms. The van der Waals surface area contributed by atoms with E-state index in [0.717, 1.165) is 36.4 Å². The number of nitrogens with zero attached hydrogens (tertiary/aromatic N) is 2. The number of halogens is 3. The van der Waals surface area contributed by atoms with Crippen LogP contribution in [0, 0.1) is 20.2 Å². The number of non-ortho nitro benzene ring substituents is 1. The minimum Gasteiger partial charge on any atom is -0.261 e. The number of rotatable bonds is 6. The van der Waals surface area contributed by atoms with E-state index in [9.17, 15) is 41.8 Å². The lowest BCUT2D eigenvalue weighted by atomic mass is 10.1. The van der Waals surface area contributed by atoms with Crippen molar-refractivity contribution in [2.75, 3.05) is 0 Å². The topological polar surface area (TPSA) is 130 Å². The SMILES string of the molecule is O=[N+]([O-])c1ccc(S(=O)(=O)OCc2c([N+](=O)[O-])cccc2C(F)(F)F)cc1. The lowest BCUT2D eigenvalue weighted by molar-refractivity contribution is -0.386. The van der Waals surface area contributed by atoms with Crippen LogP contribution >= 0.6 is 0 Å². The molecular weight excluding hydrogens is 397 g/mol. The molecule has 0 aliphatic rings. The van der Waals surface area contributed by atoms with Crippen LogP contribution < -0.4 is 0 Å². The van der Waals surface area contributed by atoms with Gasteiger partial charge in [0.2, 0.25) is 0 Å². The maximum Gasteiger partial charge on any atom is 0.417 e. The maximum atomic E-state index is 13.1. The largest absolute Gasteiger partial charge is 0.417 e. The summed E-state index contributed by atoms with van der Waals surface area (Å²) in [5.41, 5.74) is -3.73. The molecular formula is C14H9F3N2O7S. The second-order valence-electron chi connectivity index (χ2n) is 5.03. The molecule has 2 aromatic rings. The highest BCUT2D eigenvalue weighted by Crippen LogP contribution is 2.36. The van der Waals surface area contributed by atoms with Gasteiger partial charge in [0.25, 0.3) is 21.5 Å². The molecule has 0 N–H and O–H groups in total. The van der Waals surface area contributed by atoms with Crippen LogP contribution in [0.25, 0.3) is 0 Å². The van der Waals surface area contributed by atoms with Gasteiger partial charge in [-0.2, -0.15) is 21.6 Å². The fourth-order valence-corrected chi connectivity index (χ4v) is 2.98. The van der Waals surface area contributed by atoms with Crippen LogP contribution in [0.5, 0.6) is 0 Å². The van der Waals surface area contributed by atoms with Crippen LogP contribution in [-0.2, 0) is 27.1 Å². The second-order valence-corrected chi connectivity index (χ2v) is 6.64. The number of hydrogen-bond donors (Lipinski definition) is 0. The number of nitro groups is 2. The molecule has 0 atom stereocenters. The minimum absolute atomic E-state index is 0.410. The molecule has 0 spiro atoms. The third-order valence-electron chi connectivity index (χ3n) is 3.35. The summed E-state index contributed by atoms with van der Waals surface area (Å²) in [7, 11) is -4.62. The molecule has 0 saturated heterocycles. The highest BCUT2D eigenvalue weighted by Gasteiger charge is 2.37. The summed E-state index contributed by atoms with van der Waals surface area (Å²) in [4.78, 5) is 19.1. The summed E-state index contributed by atoms with van der Waals surface area (Å²) in [6.45, 7) is -1.24. The summed E-state index contributed by atoms with van der Waals surface area (Å²) >= 11 is 0. The van der Waals surface area contributed by atoms with Gasteiger partial charge in [-0.1, -0.05) is 6.07 Å². The summed E-state index contributed by atoms with van der Waals surface area (Å²) in [6, 6.07) is 5.55. The Kier molecular flexibility index (Phi) is 5.46. The smallest absolute Gasteiger partial charge is 0.261 e. The molecule has 0 amide bonds. The first kappa shape index (κ1) is 20.3. The summed E-state index contributed by atoms with van der Waals surface area (Å²) < 4.78 is 67.9. The monoisotopic (exact) mass is 406 g/mol. The van der Waals surface area contributed by atoms with Gasteiger partial charge in [-0.3, -0.25) is 24.4 Å². The van der Waals surface area contributed by atoms with Crippen molar-refractivity contribution < 1.29 is 35.6 Å². The molecule has 2 rings (SSSR count). The molecule has 0 aliphatic carbocycles. The standard InChI is InChI=1S/C14H9F3N2O7S/c15-14(16,17)12-2-1-3-13(19(22)23)11(12)8-26-27(24,25)10-6-4-9(5-7-10)18(20)21/h1-7H,8H2. The Morgan fingerprint density at radius 3 is 2.04 bits per heavy atom. The van der Waals surface area contributed by atoms with Crippen molar-refractivity contribution in [3.05, 3.63) is 73.8 Å². The fraction of sp³-hybridized carbons (Fsp3) is 0.143. The lowest BCUT2D eigenvalue weighted by Gasteiger charge is -2.13. The van der Waals surface area contributed by atoms with Gasteiger partial charge in [0.1, 0.15) is 0 Å². The van der Waals surface area contributed by atoms with E-state index in [1.807, 2.05) is 0 Å². The van der Waals surface area contributed by atoms with Crippen molar-refractivity contribution in [1.29, 1.82) is 0 Å². The zero-order chi connectivity index (χ0) is 20.4. The summed E-state index contributed by atoms with van der Waals surface area (Å²) in [5, 5.41) is 21.5. The normalized spacial score (nSPS) is 12.0. The van der Waals surface area contributed by atoms with E-state index in [4.69, 9.17) is 0 Å². The molecule has 0 aromatic heterocycles. The van der Waals surface area contributed by atoms with Crippen LogP contribution in [0.1, 0.15) is 11.1 Å². The predicted molar refractivity (Wildman–Crippen MR) is 83.2 cm³/mol. The van der Waals surface area contributed by atoms with Crippen LogP contribution in [0.2, 0.25) is 0 Å². The Labute approximate surface area is 149 Å². The van der Waals surface area contributed by atoms with Gasteiger partial charge < -0.3 is 0 Å². The van der Waals surface area contributed by atoms with Crippen LogP contribution in [-0.4, -0.2) is 18.3 Å². The van der Waals surface area contributed by atoms with Gasteiger partial charge in [0.15, 0.2) is 0 Å². The number of benzene rings is 2. The van der Waals surface area contributed by atoms with E-state index in [2.05, 4.69) is 4.18 Å². The van der Waals surface area contributed by atoms with Gasteiger partial charge >= 0.3 is 6.18 Å². The molecule has 27 heavy (non-hydrogen) atoms. The van der Waals surface area contributed by atoms with Gasteiger partial charge in [0.05, 0.1) is 32.5 Å². The molecule has 0 heterocycles. The minimum atomic E-state index is -4.97. The Morgan fingerprint density at radius 1 is 0.963 bits per heavy atom. The number of hydrogen-bond acceptors (Lipinski definition) is 7. The van der Waals surface area contributed by atoms with E-state index >= 15 is 0 Å². The van der Waals surface area contributed by atoms with Gasteiger partial charge in [-0.15, -0.1) is 0 Å². The maximum absolute atomic E-state index is 13.1. The zero-order valence-corrected chi connectivity index (χ0v) is 13.9. The van der Waals surface area contributed by atoms with Crippen molar-refractivity contribution in [2.24, 2.45) is 0 Å². The van der Waals surface area contributed by atoms with Gasteiger partial charge in [0, 0.05) is 18.2 Å². The van der Waals surface area contributed by atoms with E-state index < -0.39 is 60.1 Å². The first-order chi connectivity index (χ1) is 12.4. The molecule has 0 fully saturated rings. The number of nitro benzene ring substituents is 2. The highest BCUT2D eigenvalue weighted by molar-refractivity contribution is 7.86. The number of alkyl halides is 3. The highest BCUT2D eigenvalue weighted by atomic mass is 32.2. The van der Waals surface area contributed by atoms with Crippen LogP contribution in [0.3, 0.4) is 0 Å². The third kappa shape index (κ3) is 4.57. The first-order valence-corrected chi connectivity index (χ1v) is 8.31. The molecule has 144 valence electrons. The van der Waals surface area contributed by atoms with Crippen molar-refractivity contribution in [3.63, 3.8) is 0 Å². The first-order valence-electron chi connectivity index (χ1n) is 6.91. The Bertz CT molecular complexity index is 989. The molecule has 0 saturated carbocycles. The summed E-state index contributed by atoms with van der Waals surface area (Å²) in [6.07, 6.45) is -4.97. The molecule has 0 bridgehead atoms. The zero-order valence-electron chi connectivity index (χ0n) is 13.0. The fourth-order valence-electron chi connectivity index (χ4n) is 2.10. The van der Waals surface area contributed by atoms with Gasteiger partial charge in [-0.05, 0) is 18.2 Å². The molecule has 9 nitrogen and oxygen atoms in total. The van der Waals surface area contributed by atoms with E-state index in [1.54, 1.807) is 0 Å². The van der Waals surface area contributed by atoms with Crippen molar-refractivity contribution in [2.45, 2.75) is 17.7 Å². The molecule has 0 unspecified atom stereocenters. The third-order valence-corrected chi connectivity index (χ3v) is 4.63. The average Bonchev–Trinajstić information content (AvgIpc) is 2.58. The van der Waals surface area contributed by atoms with E-state index in [0.29, 0.717) is 6.07 Å². The average molecular weight is 406 g/mol. The molecule has 0 radical (unpaired) electrons. The van der Waals surface area contributed by atoms with E-state index in [-0.39, 0.29) is 0 Å². The van der Waals surface area contributed by atoms with Crippen molar-refractivity contribution in [1.82, 2.24) is 0 Å². The molecule has 2 aromatic carbocycles. The Hall–Kier alpha value is -3.06. The Balaban J connectivity index is 2.37. The predicted octanol–water partition coefficient (Wildman–Crippen LogP) is 3.43. The van der Waals surface area contributed by atoms with E-state index in [1.165, 1.54) is 0 Å². The van der Waals surface area contributed by atoms with Crippen molar-refractivity contribution >= 4 is 21.5 Å². The second kappa shape index (κ2) is 7.28. The van der Waals surface area contributed by atoms with Crippen LogP contribution in [0.4, 0.5) is 24.5 Å². The van der Waals surface area contributed by atoms with Crippen LogP contribution in [0.15, 0.2) is 47.4 Å². The Morgan fingerprint density at radius 2 is 1.56 bits per heavy atom. The quantitative estimate of drug-likeness (QED) is 0.408.